The summed E-state index contributed by atoms with van der Waals surface area (Å²) in [6.45, 7) is 2.37. The molecule has 1 amide bonds. The zero-order valence-corrected chi connectivity index (χ0v) is 17.1. The summed E-state index contributed by atoms with van der Waals surface area (Å²) >= 11 is 1.34. The molecule has 4 aromatic rings. The molecule has 0 aliphatic rings. The maximum Gasteiger partial charge on any atom is 0.283 e. The molecule has 0 unspecified atom stereocenters. The molecule has 0 radical (unpaired) electrons. The monoisotopic (exact) mass is 408 g/mol. The first kappa shape index (κ1) is 19.0. The molecule has 1 N–H and O–H groups in total. The van der Waals surface area contributed by atoms with Crippen molar-refractivity contribution in [2.24, 2.45) is 12.1 Å². The van der Waals surface area contributed by atoms with Crippen LogP contribution in [-0.2, 0) is 18.4 Å². The number of nitrogens with zero attached hydrogens (tertiary/aromatic N) is 5. The van der Waals surface area contributed by atoms with Gasteiger partial charge in [0.25, 0.3) is 5.91 Å². The minimum Gasteiger partial charge on any atom is -0.380 e. The molecule has 0 aromatic carbocycles. The van der Waals surface area contributed by atoms with Crippen LogP contribution < -0.4 is 5.43 Å². The SMILES string of the molecule is COCc1cc(C)nc2sc(C(=O)NN=Cc3cnn(C)c3)c(-n3cccc3)c12. The number of rotatable bonds is 6. The predicted molar refractivity (Wildman–Crippen MR) is 113 cm³/mol. The number of nitrogens with one attached hydrogen (secondary N) is 1. The molecule has 4 heterocycles. The van der Waals surface area contributed by atoms with Gasteiger partial charge < -0.3 is 9.30 Å². The van der Waals surface area contributed by atoms with Gasteiger partial charge in [-0.25, -0.2) is 10.4 Å². The average molecular weight is 408 g/mol. The van der Waals surface area contributed by atoms with Crippen LogP contribution in [-0.4, -0.2) is 38.6 Å². The molecule has 0 saturated heterocycles. The number of ether oxygens (including phenoxy) is 1. The Morgan fingerprint density at radius 3 is 2.86 bits per heavy atom. The van der Waals surface area contributed by atoms with E-state index in [1.807, 2.05) is 55.3 Å². The molecule has 4 rings (SSSR count). The lowest BCUT2D eigenvalue weighted by Gasteiger charge is -2.09. The first-order valence-electron chi connectivity index (χ1n) is 8.94. The summed E-state index contributed by atoms with van der Waals surface area (Å²) in [5, 5.41) is 9.07. The molecular formula is C20H20N6O2S. The van der Waals surface area contributed by atoms with E-state index in [2.05, 4.69) is 20.6 Å². The topological polar surface area (TPSA) is 86.3 Å². The van der Waals surface area contributed by atoms with Gasteiger partial charge in [0.1, 0.15) is 9.71 Å². The van der Waals surface area contributed by atoms with E-state index in [1.54, 1.807) is 24.2 Å². The fourth-order valence-electron chi connectivity index (χ4n) is 3.17. The quantitative estimate of drug-likeness (QED) is 0.392. The van der Waals surface area contributed by atoms with Crippen LogP contribution in [0.4, 0.5) is 0 Å². The lowest BCUT2D eigenvalue weighted by Crippen LogP contribution is -2.18. The Kier molecular flexibility index (Phi) is 5.24. The number of hydrogen-bond donors (Lipinski definition) is 1. The second-order valence-electron chi connectivity index (χ2n) is 6.55. The number of aryl methyl sites for hydroxylation is 2. The Morgan fingerprint density at radius 2 is 2.17 bits per heavy atom. The zero-order valence-electron chi connectivity index (χ0n) is 16.3. The number of hydrogen-bond acceptors (Lipinski definition) is 6. The van der Waals surface area contributed by atoms with Gasteiger partial charge in [0, 0.05) is 49.4 Å². The number of pyridine rings is 1. The number of carbonyl (C=O) groups is 1. The standard InChI is InChI=1S/C20H20N6O2S/c1-13-8-15(12-28-3)16-17(26-6-4-5-7-26)18(29-20(16)23-13)19(27)24-21-9-14-10-22-25(2)11-14/h4-11H,12H2,1-3H3,(H,24,27). The highest BCUT2D eigenvalue weighted by Crippen LogP contribution is 2.36. The van der Waals surface area contributed by atoms with Crippen LogP contribution in [0.25, 0.3) is 15.9 Å². The van der Waals surface area contributed by atoms with E-state index in [-0.39, 0.29) is 5.91 Å². The second kappa shape index (κ2) is 7.98. The molecule has 0 spiro atoms. The van der Waals surface area contributed by atoms with Crippen molar-refractivity contribution in [1.82, 2.24) is 24.8 Å². The van der Waals surface area contributed by atoms with Crippen LogP contribution in [0.15, 0.2) is 48.1 Å². The summed E-state index contributed by atoms with van der Waals surface area (Å²) in [6.07, 6.45) is 8.86. The number of methoxy groups -OCH3 is 1. The van der Waals surface area contributed by atoms with Crippen LogP contribution in [0.1, 0.15) is 26.5 Å². The van der Waals surface area contributed by atoms with Crippen LogP contribution in [0, 0.1) is 6.92 Å². The largest absolute Gasteiger partial charge is 0.380 e. The first-order chi connectivity index (χ1) is 14.1. The van der Waals surface area contributed by atoms with Crippen molar-refractivity contribution in [3.8, 4) is 5.69 Å². The Hall–Kier alpha value is -3.30. The molecule has 29 heavy (non-hydrogen) atoms. The zero-order chi connectivity index (χ0) is 20.4. The van der Waals surface area contributed by atoms with Crippen molar-refractivity contribution in [1.29, 1.82) is 0 Å². The summed E-state index contributed by atoms with van der Waals surface area (Å²) < 4.78 is 8.98. The summed E-state index contributed by atoms with van der Waals surface area (Å²) in [5.41, 5.74) is 6.07. The number of hydrazone groups is 1. The van der Waals surface area contributed by atoms with Gasteiger partial charge in [-0.2, -0.15) is 10.2 Å². The third kappa shape index (κ3) is 3.82. The van der Waals surface area contributed by atoms with Gasteiger partial charge in [-0.05, 0) is 30.7 Å². The minimum atomic E-state index is -0.294. The lowest BCUT2D eigenvalue weighted by molar-refractivity contribution is 0.0959. The summed E-state index contributed by atoms with van der Waals surface area (Å²) in [7, 11) is 3.48. The predicted octanol–water partition coefficient (Wildman–Crippen LogP) is 3.04. The number of fused-ring (bicyclic) bond motifs is 1. The van der Waals surface area contributed by atoms with Crippen molar-refractivity contribution in [3.05, 3.63) is 64.7 Å². The molecule has 0 saturated carbocycles. The normalized spacial score (nSPS) is 11.6. The van der Waals surface area contributed by atoms with Gasteiger partial charge >= 0.3 is 0 Å². The highest BCUT2D eigenvalue weighted by atomic mass is 32.1. The van der Waals surface area contributed by atoms with Crippen molar-refractivity contribution < 1.29 is 9.53 Å². The van der Waals surface area contributed by atoms with E-state index >= 15 is 0 Å². The highest BCUT2D eigenvalue weighted by Gasteiger charge is 2.23. The molecule has 0 bridgehead atoms. The van der Waals surface area contributed by atoms with Crippen molar-refractivity contribution in [2.45, 2.75) is 13.5 Å². The summed E-state index contributed by atoms with van der Waals surface area (Å²) in [4.78, 5) is 18.9. The molecule has 0 fully saturated rings. The van der Waals surface area contributed by atoms with Crippen LogP contribution in [0.3, 0.4) is 0 Å². The van der Waals surface area contributed by atoms with E-state index in [9.17, 15) is 4.79 Å². The molecular weight excluding hydrogens is 388 g/mol. The third-order valence-corrected chi connectivity index (χ3v) is 5.39. The Morgan fingerprint density at radius 1 is 1.38 bits per heavy atom. The molecule has 0 atom stereocenters. The molecule has 9 heteroatoms. The van der Waals surface area contributed by atoms with E-state index in [4.69, 9.17) is 4.74 Å². The number of carbonyl (C=O) groups excluding carboxylic acids is 1. The van der Waals surface area contributed by atoms with Crippen molar-refractivity contribution in [2.75, 3.05) is 7.11 Å². The summed E-state index contributed by atoms with van der Waals surface area (Å²) in [6, 6.07) is 5.83. The maximum absolute atomic E-state index is 13.0. The Balaban J connectivity index is 1.77. The molecule has 4 aromatic heterocycles. The summed E-state index contributed by atoms with van der Waals surface area (Å²) in [5.74, 6) is -0.294. The van der Waals surface area contributed by atoms with Crippen molar-refractivity contribution in [3.63, 3.8) is 0 Å². The fourth-order valence-corrected chi connectivity index (χ4v) is 4.33. The average Bonchev–Trinajstić information content (AvgIpc) is 3.41. The van der Waals surface area contributed by atoms with Crippen LogP contribution >= 0.6 is 11.3 Å². The smallest absolute Gasteiger partial charge is 0.283 e. The van der Waals surface area contributed by atoms with E-state index in [0.29, 0.717) is 11.5 Å². The molecule has 8 nitrogen and oxygen atoms in total. The minimum absolute atomic E-state index is 0.294. The number of amides is 1. The highest BCUT2D eigenvalue weighted by molar-refractivity contribution is 7.21. The number of thiophene rings is 1. The third-order valence-electron chi connectivity index (χ3n) is 4.32. The van der Waals surface area contributed by atoms with Crippen molar-refractivity contribution >= 4 is 33.7 Å². The van der Waals surface area contributed by atoms with E-state index < -0.39 is 0 Å². The van der Waals surface area contributed by atoms with Crippen LogP contribution in [0.2, 0.25) is 0 Å². The van der Waals surface area contributed by atoms with Gasteiger partial charge in [-0.1, -0.05) is 0 Å². The van der Waals surface area contributed by atoms with E-state index in [1.165, 1.54) is 11.3 Å². The maximum atomic E-state index is 13.0. The Bertz CT molecular complexity index is 1190. The lowest BCUT2D eigenvalue weighted by atomic mass is 10.1. The van der Waals surface area contributed by atoms with Gasteiger partial charge in [0.05, 0.1) is 24.7 Å². The first-order valence-corrected chi connectivity index (χ1v) is 9.76. The molecule has 0 aliphatic heterocycles. The number of aromatic nitrogens is 4. The van der Waals surface area contributed by atoms with Gasteiger partial charge in [-0.15, -0.1) is 11.3 Å². The van der Waals surface area contributed by atoms with Gasteiger partial charge in [0.2, 0.25) is 0 Å². The van der Waals surface area contributed by atoms with E-state index in [0.717, 1.165) is 32.7 Å². The van der Waals surface area contributed by atoms with Gasteiger partial charge in [-0.3, -0.25) is 9.48 Å². The molecule has 148 valence electrons. The molecule has 0 aliphatic carbocycles. The van der Waals surface area contributed by atoms with Gasteiger partial charge in [0.15, 0.2) is 0 Å². The van der Waals surface area contributed by atoms with Crippen LogP contribution in [0.5, 0.6) is 0 Å². The second-order valence-corrected chi connectivity index (χ2v) is 7.55. The Labute approximate surface area is 171 Å². The fraction of sp³-hybridized carbons (Fsp3) is 0.200.